The number of hydrogen-bond acceptors (Lipinski definition) is 4. The summed E-state index contributed by atoms with van der Waals surface area (Å²) < 4.78 is 6.12. The van der Waals surface area contributed by atoms with Gasteiger partial charge in [-0.2, -0.15) is 0 Å². The summed E-state index contributed by atoms with van der Waals surface area (Å²) in [5.74, 6) is -1.83. The van der Waals surface area contributed by atoms with Gasteiger partial charge >= 0.3 is 5.97 Å². The Kier molecular flexibility index (Phi) is 3.98. The lowest BCUT2D eigenvalue weighted by Crippen LogP contribution is -2.36. The van der Waals surface area contributed by atoms with Crippen LogP contribution >= 0.6 is 0 Å². The molecule has 7 heteroatoms. The Morgan fingerprint density at radius 3 is 2.47 bits per heavy atom. The molecule has 0 saturated heterocycles. The highest BCUT2D eigenvalue weighted by Gasteiger charge is 2.27. The average molecular weight is 268 g/mol. The summed E-state index contributed by atoms with van der Waals surface area (Å²) >= 11 is 0. The van der Waals surface area contributed by atoms with Crippen molar-refractivity contribution in [2.75, 3.05) is 7.11 Å². The van der Waals surface area contributed by atoms with E-state index in [1.807, 2.05) is 0 Å². The highest BCUT2D eigenvalue weighted by molar-refractivity contribution is 5.86. The van der Waals surface area contributed by atoms with Crippen molar-refractivity contribution in [3.8, 4) is 5.75 Å². The van der Waals surface area contributed by atoms with Crippen LogP contribution in [0.4, 0.5) is 0 Å². The first-order valence-corrected chi connectivity index (χ1v) is 5.50. The second-order valence-corrected chi connectivity index (χ2v) is 4.77. The molecular formula is C12H16N2O5. The van der Waals surface area contributed by atoms with Gasteiger partial charge in [-0.3, -0.25) is 9.59 Å². The van der Waals surface area contributed by atoms with Crippen LogP contribution in [0.1, 0.15) is 24.3 Å². The molecule has 1 aromatic rings. The van der Waals surface area contributed by atoms with Crippen LogP contribution in [-0.2, 0) is 11.3 Å². The van der Waals surface area contributed by atoms with Gasteiger partial charge < -0.3 is 20.1 Å². The van der Waals surface area contributed by atoms with E-state index in [1.54, 1.807) is 13.8 Å². The highest BCUT2D eigenvalue weighted by Crippen LogP contribution is 2.19. The standard InChI is InChI=1S/C12H16N2O5/c1-12(2,11(13)18)6-14-5-9(19-3)8(15)4-7(14)10(16)17/h4-5H,6H2,1-3H3,(H2,13,18)(H,16,17). The Morgan fingerprint density at radius 2 is 2.05 bits per heavy atom. The highest BCUT2D eigenvalue weighted by atomic mass is 16.5. The van der Waals surface area contributed by atoms with E-state index in [2.05, 4.69) is 0 Å². The molecule has 104 valence electrons. The molecule has 0 aliphatic carbocycles. The number of carbonyl (C=O) groups excluding carboxylic acids is 1. The van der Waals surface area contributed by atoms with E-state index in [9.17, 15) is 14.4 Å². The molecule has 1 rings (SSSR count). The molecule has 0 aliphatic rings. The number of aromatic nitrogens is 1. The topological polar surface area (TPSA) is 112 Å². The van der Waals surface area contributed by atoms with Gasteiger partial charge in [0.1, 0.15) is 5.69 Å². The molecule has 19 heavy (non-hydrogen) atoms. The van der Waals surface area contributed by atoms with Crippen LogP contribution in [0.25, 0.3) is 0 Å². The summed E-state index contributed by atoms with van der Waals surface area (Å²) in [5.41, 5.74) is 3.54. The van der Waals surface area contributed by atoms with E-state index in [0.717, 1.165) is 6.07 Å². The van der Waals surface area contributed by atoms with E-state index in [4.69, 9.17) is 15.6 Å². The molecule has 0 bridgehead atoms. The molecule has 7 nitrogen and oxygen atoms in total. The SMILES string of the molecule is COc1cn(CC(C)(C)C(N)=O)c(C(=O)O)cc1=O. The van der Waals surface area contributed by atoms with Gasteiger partial charge in [-0.1, -0.05) is 0 Å². The van der Waals surface area contributed by atoms with Crippen LogP contribution in [0.2, 0.25) is 0 Å². The predicted molar refractivity (Wildman–Crippen MR) is 67.2 cm³/mol. The van der Waals surface area contributed by atoms with Gasteiger partial charge in [0.2, 0.25) is 11.3 Å². The van der Waals surface area contributed by atoms with Crippen LogP contribution in [0.15, 0.2) is 17.1 Å². The summed E-state index contributed by atoms with van der Waals surface area (Å²) in [7, 11) is 1.31. The smallest absolute Gasteiger partial charge is 0.352 e. The van der Waals surface area contributed by atoms with Crippen LogP contribution in [0.3, 0.4) is 0 Å². The summed E-state index contributed by atoms with van der Waals surface area (Å²) in [5, 5.41) is 9.07. The molecule has 0 saturated carbocycles. The zero-order valence-electron chi connectivity index (χ0n) is 11.0. The maximum atomic E-state index is 11.5. The summed E-state index contributed by atoms with van der Waals surface area (Å²) in [6, 6.07) is 0.957. The monoisotopic (exact) mass is 268 g/mol. The minimum absolute atomic E-state index is 0.00488. The normalized spacial score (nSPS) is 11.1. The zero-order valence-corrected chi connectivity index (χ0v) is 11.0. The first kappa shape index (κ1) is 14.7. The van der Waals surface area contributed by atoms with Gasteiger partial charge in [0, 0.05) is 12.6 Å². The molecular weight excluding hydrogens is 252 g/mol. The molecule has 0 fully saturated rings. The van der Waals surface area contributed by atoms with Crippen LogP contribution in [-0.4, -0.2) is 28.7 Å². The summed E-state index contributed by atoms with van der Waals surface area (Å²) in [4.78, 5) is 33.9. The number of hydrogen-bond donors (Lipinski definition) is 2. The number of aromatic carboxylic acids is 1. The number of ether oxygens (including phenoxy) is 1. The third-order valence-electron chi connectivity index (χ3n) is 2.76. The fourth-order valence-electron chi connectivity index (χ4n) is 1.53. The van der Waals surface area contributed by atoms with Crippen LogP contribution in [0.5, 0.6) is 5.75 Å². The van der Waals surface area contributed by atoms with Crippen molar-refractivity contribution in [2.45, 2.75) is 20.4 Å². The molecule has 0 aromatic carbocycles. The first-order chi connectivity index (χ1) is 8.69. The van der Waals surface area contributed by atoms with Gasteiger partial charge in [-0.05, 0) is 13.8 Å². The second kappa shape index (κ2) is 5.13. The molecule has 0 atom stereocenters. The molecule has 1 amide bonds. The number of nitrogens with zero attached hydrogens (tertiary/aromatic N) is 1. The molecule has 3 N–H and O–H groups in total. The molecule has 0 spiro atoms. The maximum Gasteiger partial charge on any atom is 0.352 e. The molecule has 1 aromatic heterocycles. The minimum atomic E-state index is -1.26. The second-order valence-electron chi connectivity index (χ2n) is 4.77. The molecule has 0 radical (unpaired) electrons. The third-order valence-corrected chi connectivity index (χ3v) is 2.76. The van der Waals surface area contributed by atoms with Gasteiger partial charge in [0.15, 0.2) is 5.75 Å². The largest absolute Gasteiger partial charge is 0.491 e. The third kappa shape index (κ3) is 3.12. The lowest BCUT2D eigenvalue weighted by molar-refractivity contribution is -0.126. The average Bonchev–Trinajstić information content (AvgIpc) is 2.30. The van der Waals surface area contributed by atoms with E-state index >= 15 is 0 Å². The number of rotatable bonds is 5. The Hall–Kier alpha value is -2.31. The van der Waals surface area contributed by atoms with Crippen LogP contribution in [0, 0.1) is 5.41 Å². The lowest BCUT2D eigenvalue weighted by Gasteiger charge is -2.23. The number of primary amides is 1. The van der Waals surface area contributed by atoms with Gasteiger partial charge in [-0.25, -0.2) is 4.79 Å². The number of carboxylic acids is 1. The van der Waals surface area contributed by atoms with Crippen molar-refractivity contribution in [2.24, 2.45) is 11.1 Å². The van der Waals surface area contributed by atoms with E-state index in [1.165, 1.54) is 17.9 Å². The minimum Gasteiger partial charge on any atom is -0.491 e. The van der Waals surface area contributed by atoms with E-state index < -0.39 is 22.7 Å². The van der Waals surface area contributed by atoms with Gasteiger partial charge in [0.05, 0.1) is 18.7 Å². The molecule has 0 unspecified atom stereocenters. The number of amides is 1. The predicted octanol–water partition coefficient (Wildman–Crippen LogP) is 0.0666. The maximum absolute atomic E-state index is 11.5. The quantitative estimate of drug-likeness (QED) is 0.784. The number of methoxy groups -OCH3 is 1. The zero-order chi connectivity index (χ0) is 14.8. The summed E-state index contributed by atoms with van der Waals surface area (Å²) in [6.07, 6.45) is 1.26. The Labute approximate surface area is 109 Å². The van der Waals surface area contributed by atoms with Crippen molar-refractivity contribution < 1.29 is 19.4 Å². The Bertz CT molecular complexity index is 574. The van der Waals surface area contributed by atoms with Crippen molar-refractivity contribution >= 4 is 11.9 Å². The molecule has 0 aliphatic heterocycles. The fourth-order valence-corrected chi connectivity index (χ4v) is 1.53. The van der Waals surface area contributed by atoms with Crippen molar-refractivity contribution in [1.82, 2.24) is 4.57 Å². The van der Waals surface area contributed by atoms with E-state index in [-0.39, 0.29) is 18.0 Å². The number of nitrogens with two attached hydrogens (primary N) is 1. The number of pyridine rings is 1. The fraction of sp³-hybridized carbons (Fsp3) is 0.417. The number of carbonyl (C=O) groups is 2. The molecule has 1 heterocycles. The Balaban J connectivity index is 3.36. The number of carboxylic acid groups (broad SMARTS) is 1. The van der Waals surface area contributed by atoms with E-state index in [0.29, 0.717) is 0 Å². The van der Waals surface area contributed by atoms with Crippen molar-refractivity contribution in [1.29, 1.82) is 0 Å². The first-order valence-electron chi connectivity index (χ1n) is 5.50. The van der Waals surface area contributed by atoms with Gasteiger partial charge in [-0.15, -0.1) is 0 Å². The van der Waals surface area contributed by atoms with Crippen molar-refractivity contribution in [3.63, 3.8) is 0 Å². The van der Waals surface area contributed by atoms with Gasteiger partial charge in [0.25, 0.3) is 0 Å². The van der Waals surface area contributed by atoms with Crippen molar-refractivity contribution in [3.05, 3.63) is 28.2 Å². The lowest BCUT2D eigenvalue weighted by atomic mass is 9.92. The summed E-state index contributed by atoms with van der Waals surface area (Å²) in [6.45, 7) is 3.21. The Morgan fingerprint density at radius 1 is 1.47 bits per heavy atom. The van der Waals surface area contributed by atoms with Crippen LogP contribution < -0.4 is 15.9 Å².